The van der Waals surface area contributed by atoms with Crippen LogP contribution in [0.4, 0.5) is 0 Å². The normalized spacial score (nSPS) is 35.7. The molecule has 33 heavy (non-hydrogen) atoms. The van der Waals surface area contributed by atoms with Crippen molar-refractivity contribution in [1.29, 1.82) is 0 Å². The standard InChI is InChI=1S/C12H17NO15S2.3Na/c14-3-1-4(10(16)17)25-12(8(3)28-30(21,22)23)27-9-5-2-24-11(26-5)6(7(9)15)13-29(18,19)20;;;/h1,3,5-9,11-15H,2H2,(H,16,17)(H,18,19,20)(H,21,22,23);;;/q;3*+1/p-3/t3-,5+,6+,7+,8+,9+,11+,12-;;;/m0.../s1. The molecule has 0 aromatic rings. The first-order valence-electron chi connectivity index (χ1n) is 8.01. The fraction of sp³-hybridized carbons (Fsp3) is 0.750. The molecule has 0 unspecified atom stereocenters. The summed E-state index contributed by atoms with van der Waals surface area (Å²) in [6.45, 7) is -0.284. The van der Waals surface area contributed by atoms with Gasteiger partial charge < -0.3 is 48.2 Å². The first-order valence-corrected chi connectivity index (χ1v) is 10.7. The van der Waals surface area contributed by atoms with Crippen LogP contribution in [0, 0.1) is 0 Å². The van der Waals surface area contributed by atoms with Gasteiger partial charge in [0.25, 0.3) is 0 Å². The number of nitrogens with one attached hydrogen (secondary N) is 1. The number of carboxylic acid groups (broad SMARTS) is 1. The molecule has 0 aromatic heterocycles. The van der Waals surface area contributed by atoms with Gasteiger partial charge in [0.05, 0.1) is 6.61 Å². The second kappa shape index (κ2) is 13.4. The van der Waals surface area contributed by atoms with Gasteiger partial charge in [0.1, 0.15) is 42.2 Å². The number of carbonyl (C=O) groups excluding carboxylic acids is 1. The Balaban J connectivity index is 0.00000341. The molecule has 0 saturated carbocycles. The van der Waals surface area contributed by atoms with E-state index in [0.717, 1.165) is 0 Å². The Bertz CT molecular complexity index is 930. The van der Waals surface area contributed by atoms with Crippen molar-refractivity contribution in [2.24, 2.45) is 0 Å². The van der Waals surface area contributed by atoms with Gasteiger partial charge in [-0.1, -0.05) is 0 Å². The molecule has 2 bridgehead atoms. The molecule has 3 N–H and O–H groups in total. The number of aliphatic carboxylic acids is 1. The zero-order valence-electron chi connectivity index (χ0n) is 17.4. The number of hydrogen-bond donors (Lipinski definition) is 3. The molecular formula is C12H14NNa3O15S2. The van der Waals surface area contributed by atoms with Crippen molar-refractivity contribution in [3.05, 3.63) is 11.8 Å². The average Bonchev–Trinajstić information content (AvgIpc) is 3.02. The zero-order valence-corrected chi connectivity index (χ0v) is 25.1. The van der Waals surface area contributed by atoms with Crippen molar-refractivity contribution in [2.45, 2.75) is 49.1 Å². The van der Waals surface area contributed by atoms with Crippen LogP contribution < -0.4 is 98.5 Å². The van der Waals surface area contributed by atoms with Crippen LogP contribution >= 0.6 is 0 Å². The van der Waals surface area contributed by atoms with E-state index in [1.54, 1.807) is 4.72 Å². The largest absolute Gasteiger partial charge is 1.00 e. The number of rotatable bonds is 7. The predicted molar refractivity (Wildman–Crippen MR) is 80.7 cm³/mol. The number of aliphatic hydroxyl groups excluding tert-OH is 2. The molecule has 16 nitrogen and oxygen atoms in total. The predicted octanol–water partition coefficient (Wildman–Crippen LogP) is -14.9. The summed E-state index contributed by atoms with van der Waals surface area (Å²) in [6, 6.07) is -1.66. The number of ether oxygens (including phenoxy) is 4. The molecule has 8 atom stereocenters. The second-order valence-corrected chi connectivity index (χ2v) is 8.48. The van der Waals surface area contributed by atoms with Crippen molar-refractivity contribution in [3.8, 4) is 0 Å². The molecule has 3 rings (SSSR count). The third-order valence-corrected chi connectivity index (χ3v) is 5.29. The van der Waals surface area contributed by atoms with Crippen molar-refractivity contribution in [3.63, 3.8) is 0 Å². The zero-order chi connectivity index (χ0) is 22.4. The Morgan fingerprint density at radius 3 is 2.24 bits per heavy atom. The third-order valence-electron chi connectivity index (χ3n) is 4.27. The van der Waals surface area contributed by atoms with Gasteiger partial charge in [-0.15, -0.1) is 0 Å². The van der Waals surface area contributed by atoms with E-state index in [2.05, 4.69) is 4.18 Å². The van der Waals surface area contributed by atoms with E-state index >= 15 is 0 Å². The SMILES string of the molecule is O=C([O-])C1=C[C@H](O)[C@@H](OS(=O)(=O)[O-])[C@H](O[C@H]2[C@H](O)[C@@H](NS(=O)(=O)[O-])[C@@H]3OC[C@H]2O3)O1.[Na+].[Na+].[Na+]. The maximum atomic E-state index is 11.0. The van der Waals surface area contributed by atoms with Gasteiger partial charge in [0.15, 0.2) is 22.7 Å². The minimum absolute atomic E-state index is 0. The minimum atomic E-state index is -5.44. The quantitative estimate of drug-likeness (QED) is 0.152. The summed E-state index contributed by atoms with van der Waals surface area (Å²) < 4.78 is 92.0. The minimum Gasteiger partial charge on any atom is -0.735 e. The molecule has 0 amide bonds. The van der Waals surface area contributed by atoms with E-state index < -0.39 is 81.6 Å². The topological polar surface area (TPSA) is 253 Å². The summed E-state index contributed by atoms with van der Waals surface area (Å²) in [5.41, 5.74) is 0. The fourth-order valence-electron chi connectivity index (χ4n) is 3.10. The fourth-order valence-corrected chi connectivity index (χ4v) is 4.16. The van der Waals surface area contributed by atoms with Crippen LogP contribution in [0.1, 0.15) is 0 Å². The van der Waals surface area contributed by atoms with E-state index in [1.807, 2.05) is 0 Å². The third kappa shape index (κ3) is 9.11. The van der Waals surface area contributed by atoms with Crippen LogP contribution in [-0.4, -0.2) is 97.9 Å². The monoisotopic (exact) mass is 545 g/mol. The summed E-state index contributed by atoms with van der Waals surface area (Å²) in [7, 11) is -10.5. The Labute approximate surface area is 254 Å². The van der Waals surface area contributed by atoms with Crippen LogP contribution in [-0.2, 0) is 48.6 Å². The summed E-state index contributed by atoms with van der Waals surface area (Å²) in [5, 5.41) is 31.4. The molecule has 3 aliphatic rings. The van der Waals surface area contributed by atoms with E-state index in [1.165, 1.54) is 0 Å². The second-order valence-electron chi connectivity index (χ2n) is 6.33. The van der Waals surface area contributed by atoms with Crippen LogP contribution in [0.15, 0.2) is 11.8 Å². The molecule has 2 saturated heterocycles. The molecule has 3 aliphatic heterocycles. The van der Waals surface area contributed by atoms with Crippen LogP contribution in [0.25, 0.3) is 0 Å². The average molecular weight is 545 g/mol. The Morgan fingerprint density at radius 2 is 1.73 bits per heavy atom. The van der Waals surface area contributed by atoms with Crippen molar-refractivity contribution >= 4 is 26.7 Å². The summed E-state index contributed by atoms with van der Waals surface area (Å²) in [6.07, 6.45) is -11.7. The Kier molecular flexibility index (Phi) is 14.0. The van der Waals surface area contributed by atoms with Gasteiger partial charge >= 0.3 is 88.7 Å². The Morgan fingerprint density at radius 1 is 1.12 bits per heavy atom. The van der Waals surface area contributed by atoms with E-state index in [9.17, 15) is 46.1 Å². The molecule has 21 heteroatoms. The summed E-state index contributed by atoms with van der Waals surface area (Å²) in [4.78, 5) is 11.0. The number of carbonyl (C=O) groups is 1. The van der Waals surface area contributed by atoms with Gasteiger partial charge in [-0.3, -0.25) is 4.18 Å². The van der Waals surface area contributed by atoms with Crippen LogP contribution in [0.5, 0.6) is 0 Å². The molecule has 172 valence electrons. The first kappa shape index (κ1) is 34.6. The number of aliphatic hydroxyl groups is 2. The van der Waals surface area contributed by atoms with Crippen molar-refractivity contribution < 1.29 is 158 Å². The maximum absolute atomic E-state index is 11.0. The van der Waals surface area contributed by atoms with Crippen molar-refractivity contribution in [1.82, 2.24) is 4.72 Å². The molecule has 2 fully saturated rings. The molecule has 0 spiro atoms. The van der Waals surface area contributed by atoms with Gasteiger partial charge in [0.2, 0.25) is 16.7 Å². The number of fused-ring (bicyclic) bond motifs is 2. The molecule has 0 radical (unpaired) electrons. The number of carboxylic acids is 1. The van der Waals surface area contributed by atoms with Crippen LogP contribution in [0.3, 0.4) is 0 Å². The van der Waals surface area contributed by atoms with Crippen molar-refractivity contribution in [2.75, 3.05) is 6.61 Å². The summed E-state index contributed by atoms with van der Waals surface area (Å²) in [5.74, 6) is -2.94. The van der Waals surface area contributed by atoms with E-state index in [0.29, 0.717) is 6.08 Å². The van der Waals surface area contributed by atoms with Gasteiger partial charge in [0, 0.05) is 0 Å². The maximum Gasteiger partial charge on any atom is 1.00 e. The Hall–Kier alpha value is 1.55. The van der Waals surface area contributed by atoms with Gasteiger partial charge in [-0.25, -0.2) is 21.6 Å². The molecule has 0 aliphatic carbocycles. The molecule has 0 aromatic carbocycles. The van der Waals surface area contributed by atoms with E-state index in [-0.39, 0.29) is 95.3 Å². The molecular weight excluding hydrogens is 531 g/mol. The van der Waals surface area contributed by atoms with Gasteiger partial charge in [-0.2, -0.15) is 0 Å². The summed E-state index contributed by atoms with van der Waals surface area (Å²) >= 11 is 0. The first-order chi connectivity index (χ1) is 13.7. The van der Waals surface area contributed by atoms with Crippen LogP contribution in [0.2, 0.25) is 0 Å². The number of hydrogen-bond acceptors (Lipinski definition) is 15. The smallest absolute Gasteiger partial charge is 0.735 e. The van der Waals surface area contributed by atoms with E-state index in [4.69, 9.17) is 18.9 Å². The van der Waals surface area contributed by atoms with Gasteiger partial charge in [-0.05, 0) is 6.08 Å². The molecule has 3 heterocycles.